The van der Waals surface area contributed by atoms with Crippen molar-refractivity contribution in [2.75, 3.05) is 6.54 Å². The van der Waals surface area contributed by atoms with Gasteiger partial charge in [-0.25, -0.2) is 0 Å². The lowest BCUT2D eigenvalue weighted by Crippen LogP contribution is -2.28. The van der Waals surface area contributed by atoms with Gasteiger partial charge in [0.15, 0.2) is 6.23 Å². The Morgan fingerprint density at radius 3 is 3.14 bits per heavy atom. The zero-order chi connectivity index (χ0) is 14.2. The zero-order valence-corrected chi connectivity index (χ0v) is 12.2. The monoisotopic (exact) mass is 281 g/mol. The van der Waals surface area contributed by atoms with Crippen molar-refractivity contribution in [1.82, 2.24) is 5.32 Å². The minimum Gasteiger partial charge on any atom is -0.479 e. The summed E-state index contributed by atoms with van der Waals surface area (Å²) in [5.41, 5.74) is 4.89. The molecule has 0 bridgehead atoms. The average molecular weight is 281 g/mol. The van der Waals surface area contributed by atoms with Gasteiger partial charge in [0.1, 0.15) is 11.3 Å². The van der Waals surface area contributed by atoms with E-state index in [4.69, 9.17) is 9.15 Å². The van der Waals surface area contributed by atoms with Crippen molar-refractivity contribution in [2.45, 2.75) is 32.4 Å². The number of hydrogen-bond acceptors (Lipinski definition) is 3. The van der Waals surface area contributed by atoms with E-state index in [1.165, 1.54) is 27.9 Å². The molecular weight excluding hydrogens is 262 g/mol. The van der Waals surface area contributed by atoms with Crippen molar-refractivity contribution in [3.8, 4) is 0 Å². The fourth-order valence-corrected chi connectivity index (χ4v) is 3.37. The summed E-state index contributed by atoms with van der Waals surface area (Å²) >= 11 is 0. The Morgan fingerprint density at radius 2 is 2.24 bits per heavy atom. The van der Waals surface area contributed by atoms with Crippen LogP contribution in [0.4, 0.5) is 0 Å². The van der Waals surface area contributed by atoms with E-state index in [1.54, 1.807) is 6.26 Å². The molecule has 4 rings (SSSR count). The van der Waals surface area contributed by atoms with Gasteiger partial charge in [0.25, 0.3) is 0 Å². The van der Waals surface area contributed by atoms with E-state index in [2.05, 4.69) is 36.5 Å². The number of benzene rings is 1. The molecule has 3 heteroatoms. The number of nitrogens with one attached hydrogen (secondary N) is 1. The zero-order valence-electron chi connectivity index (χ0n) is 12.2. The molecule has 1 unspecified atom stereocenters. The summed E-state index contributed by atoms with van der Waals surface area (Å²) in [5.74, 6) is 1.17. The molecule has 1 aliphatic heterocycles. The average Bonchev–Trinajstić information content (AvgIpc) is 3.12. The van der Waals surface area contributed by atoms with E-state index in [-0.39, 0.29) is 6.23 Å². The summed E-state index contributed by atoms with van der Waals surface area (Å²) in [6.45, 7) is 3.05. The highest BCUT2D eigenvalue weighted by atomic mass is 16.5. The normalized spacial score (nSPS) is 21.4. The van der Waals surface area contributed by atoms with Gasteiger partial charge in [-0.05, 0) is 36.2 Å². The van der Waals surface area contributed by atoms with Crippen LogP contribution in [0.3, 0.4) is 0 Å². The third-order valence-electron chi connectivity index (χ3n) is 4.27. The minimum absolute atomic E-state index is 0.130. The van der Waals surface area contributed by atoms with Crippen LogP contribution in [0.25, 0.3) is 16.5 Å². The van der Waals surface area contributed by atoms with E-state index >= 15 is 0 Å². The van der Waals surface area contributed by atoms with Gasteiger partial charge < -0.3 is 9.15 Å². The first-order valence-corrected chi connectivity index (χ1v) is 7.66. The molecule has 1 aromatic carbocycles. The number of allylic oxidation sites excluding steroid dienone is 3. The van der Waals surface area contributed by atoms with E-state index < -0.39 is 0 Å². The molecular formula is C18H19NO2. The third-order valence-corrected chi connectivity index (χ3v) is 4.27. The molecule has 1 atom stereocenters. The molecule has 2 aromatic rings. The molecule has 3 nitrogen and oxygen atoms in total. The second-order valence-corrected chi connectivity index (χ2v) is 5.56. The predicted molar refractivity (Wildman–Crippen MR) is 83.6 cm³/mol. The summed E-state index contributed by atoms with van der Waals surface area (Å²) in [6, 6.07) is 8.32. The Labute approximate surface area is 124 Å². The second-order valence-electron chi connectivity index (χ2n) is 5.56. The van der Waals surface area contributed by atoms with Gasteiger partial charge >= 0.3 is 0 Å². The quantitative estimate of drug-likeness (QED) is 0.914. The predicted octanol–water partition coefficient (Wildman–Crippen LogP) is 4.22. The van der Waals surface area contributed by atoms with Crippen LogP contribution < -0.4 is 5.32 Å². The Bertz CT molecular complexity index is 739. The molecule has 0 spiro atoms. The van der Waals surface area contributed by atoms with Gasteiger partial charge in [-0.2, -0.15) is 0 Å². The minimum atomic E-state index is 0.130. The number of ether oxygens (including phenoxy) is 1. The molecule has 21 heavy (non-hydrogen) atoms. The Hall–Kier alpha value is -2.00. The van der Waals surface area contributed by atoms with Gasteiger partial charge in [-0.15, -0.1) is 0 Å². The van der Waals surface area contributed by atoms with Crippen molar-refractivity contribution in [1.29, 1.82) is 0 Å². The molecule has 0 amide bonds. The van der Waals surface area contributed by atoms with E-state index in [9.17, 15) is 0 Å². The lowest BCUT2D eigenvalue weighted by Gasteiger charge is -2.16. The third kappa shape index (κ3) is 2.09. The van der Waals surface area contributed by atoms with Gasteiger partial charge in [-0.1, -0.05) is 25.1 Å². The van der Waals surface area contributed by atoms with Crippen LogP contribution in [-0.2, 0) is 4.74 Å². The van der Waals surface area contributed by atoms with Crippen molar-refractivity contribution in [2.24, 2.45) is 0 Å². The Morgan fingerprint density at radius 1 is 1.29 bits per heavy atom. The van der Waals surface area contributed by atoms with Crippen LogP contribution in [0.15, 0.2) is 52.4 Å². The molecule has 1 aromatic heterocycles. The largest absolute Gasteiger partial charge is 0.479 e. The Kier molecular flexibility index (Phi) is 3.08. The van der Waals surface area contributed by atoms with E-state index in [0.717, 1.165) is 31.4 Å². The summed E-state index contributed by atoms with van der Waals surface area (Å²) in [7, 11) is 0. The van der Waals surface area contributed by atoms with Crippen molar-refractivity contribution >= 4 is 16.5 Å². The molecule has 2 heterocycles. The van der Waals surface area contributed by atoms with Crippen LogP contribution in [-0.4, -0.2) is 12.8 Å². The number of hydrogen-bond donors (Lipinski definition) is 1. The summed E-state index contributed by atoms with van der Waals surface area (Å²) < 4.78 is 11.6. The Balaban J connectivity index is 1.75. The molecule has 108 valence electrons. The van der Waals surface area contributed by atoms with E-state index in [1.807, 2.05) is 6.07 Å². The maximum Gasteiger partial charge on any atom is 0.153 e. The molecule has 1 aliphatic carbocycles. The molecule has 2 aliphatic rings. The van der Waals surface area contributed by atoms with Gasteiger partial charge in [-0.3, -0.25) is 5.32 Å². The SMILES string of the molecule is CCNC1CC2=C(CCC=C2c2cccc3occc23)O1. The second kappa shape index (κ2) is 5.08. The highest BCUT2D eigenvalue weighted by Gasteiger charge is 2.30. The molecule has 0 fully saturated rings. The van der Waals surface area contributed by atoms with Crippen LogP contribution in [0.5, 0.6) is 0 Å². The standard InChI is InChI=1S/C18H19NO2/c1-2-19-18-11-15-13(6-4-8-17(15)21-18)12-5-3-7-16-14(12)9-10-20-16/h3,5-7,9-10,18-19H,2,4,8,11H2,1H3. The van der Waals surface area contributed by atoms with Crippen molar-refractivity contribution < 1.29 is 9.15 Å². The van der Waals surface area contributed by atoms with Crippen LogP contribution in [0.2, 0.25) is 0 Å². The highest BCUT2D eigenvalue weighted by Crippen LogP contribution is 2.42. The maximum absolute atomic E-state index is 6.06. The fraction of sp³-hybridized carbons (Fsp3) is 0.333. The number of rotatable bonds is 3. The van der Waals surface area contributed by atoms with Crippen molar-refractivity contribution in [3.63, 3.8) is 0 Å². The van der Waals surface area contributed by atoms with Crippen molar-refractivity contribution in [3.05, 3.63) is 53.5 Å². The first-order chi connectivity index (χ1) is 10.4. The van der Waals surface area contributed by atoms with Gasteiger partial charge in [0, 0.05) is 23.8 Å². The number of furan rings is 1. The van der Waals surface area contributed by atoms with Crippen LogP contribution in [0.1, 0.15) is 31.7 Å². The molecule has 0 saturated carbocycles. The number of fused-ring (bicyclic) bond motifs is 1. The first kappa shape index (κ1) is 12.7. The summed E-state index contributed by atoms with van der Waals surface area (Å²) in [5, 5.41) is 4.58. The van der Waals surface area contributed by atoms with Gasteiger partial charge in [0.05, 0.1) is 6.26 Å². The highest BCUT2D eigenvalue weighted by molar-refractivity contribution is 5.96. The van der Waals surface area contributed by atoms with Crippen LogP contribution >= 0.6 is 0 Å². The molecule has 0 saturated heterocycles. The maximum atomic E-state index is 6.06. The molecule has 1 N–H and O–H groups in total. The molecule has 0 radical (unpaired) electrons. The topological polar surface area (TPSA) is 34.4 Å². The smallest absolute Gasteiger partial charge is 0.153 e. The van der Waals surface area contributed by atoms with E-state index in [0.29, 0.717) is 0 Å². The van der Waals surface area contributed by atoms with Crippen LogP contribution in [0, 0.1) is 0 Å². The lowest BCUT2D eigenvalue weighted by atomic mass is 9.88. The summed E-state index contributed by atoms with van der Waals surface area (Å²) in [4.78, 5) is 0. The van der Waals surface area contributed by atoms with Gasteiger partial charge in [0.2, 0.25) is 0 Å². The first-order valence-electron chi connectivity index (χ1n) is 7.66. The summed E-state index contributed by atoms with van der Waals surface area (Å²) in [6.07, 6.45) is 7.25. The fourth-order valence-electron chi connectivity index (χ4n) is 3.37. The lowest BCUT2D eigenvalue weighted by molar-refractivity contribution is 0.109.